The summed E-state index contributed by atoms with van der Waals surface area (Å²) in [6, 6.07) is 8.61. The Labute approximate surface area is 227 Å². The molecule has 186 valence electrons. The third-order valence-corrected chi connectivity index (χ3v) is 7.53. The Kier molecular flexibility index (Phi) is 8.07. The fourth-order valence-corrected chi connectivity index (χ4v) is 6.34. The predicted molar refractivity (Wildman–Crippen MR) is 144 cm³/mol. The Balaban J connectivity index is 1.89. The van der Waals surface area contributed by atoms with E-state index in [4.69, 9.17) is 9.47 Å². The van der Waals surface area contributed by atoms with E-state index in [1.54, 1.807) is 38.1 Å². The standard InChI is InChI=1S/C26H21Br2FN2O4S/c1-4-10-35-23-18(27)11-15(12-19(23)28)13-20-24(32)31-22(16-6-8-17(29)9-7-16)21(25(33)34-5-2)14(3)30-26(31)36-20/h4,6-9,11-13,22H,1,5,10H2,2-3H3/b20-13-/t22-/m0/s1. The van der Waals surface area contributed by atoms with Crippen molar-refractivity contribution >= 4 is 55.2 Å². The second-order valence-electron chi connectivity index (χ2n) is 7.77. The lowest BCUT2D eigenvalue weighted by Gasteiger charge is -2.24. The van der Waals surface area contributed by atoms with E-state index in [0.29, 0.717) is 41.9 Å². The number of fused-ring (bicyclic) bond motifs is 1. The van der Waals surface area contributed by atoms with Crippen LogP contribution in [0.2, 0.25) is 0 Å². The number of nitrogens with zero attached hydrogens (tertiary/aromatic N) is 2. The minimum absolute atomic E-state index is 0.173. The van der Waals surface area contributed by atoms with Gasteiger partial charge in [0.2, 0.25) is 0 Å². The molecule has 2 aromatic carbocycles. The SMILES string of the molecule is C=CCOc1c(Br)cc(/C=c2\sc3n(c2=O)[C@@H](c2ccc(F)cc2)C(C(=O)OCC)=C(C)N=3)cc1Br. The van der Waals surface area contributed by atoms with Crippen LogP contribution in [0.15, 0.2) is 79.1 Å². The number of thiazole rings is 1. The molecule has 1 aliphatic rings. The summed E-state index contributed by atoms with van der Waals surface area (Å²) >= 11 is 8.24. The van der Waals surface area contributed by atoms with Gasteiger partial charge in [-0.25, -0.2) is 14.2 Å². The van der Waals surface area contributed by atoms with E-state index in [9.17, 15) is 14.0 Å². The van der Waals surface area contributed by atoms with Crippen molar-refractivity contribution in [3.05, 3.63) is 106 Å². The number of carbonyl (C=O) groups excluding carboxylic acids is 1. The van der Waals surface area contributed by atoms with Crippen LogP contribution in [0.3, 0.4) is 0 Å². The summed E-state index contributed by atoms with van der Waals surface area (Å²) in [5.74, 6) is -0.355. The summed E-state index contributed by atoms with van der Waals surface area (Å²) < 4.78 is 27.9. The van der Waals surface area contributed by atoms with Crippen molar-refractivity contribution in [3.63, 3.8) is 0 Å². The summed E-state index contributed by atoms with van der Waals surface area (Å²) in [6.07, 6.45) is 3.40. The number of hydrogen-bond donors (Lipinski definition) is 0. The smallest absolute Gasteiger partial charge is 0.338 e. The number of halogens is 3. The highest BCUT2D eigenvalue weighted by Crippen LogP contribution is 2.35. The van der Waals surface area contributed by atoms with Gasteiger partial charge in [-0.1, -0.05) is 36.1 Å². The van der Waals surface area contributed by atoms with Crippen molar-refractivity contribution in [2.75, 3.05) is 13.2 Å². The van der Waals surface area contributed by atoms with E-state index in [0.717, 1.165) is 5.56 Å². The van der Waals surface area contributed by atoms with Crippen LogP contribution in [0, 0.1) is 5.82 Å². The first-order valence-corrected chi connectivity index (χ1v) is 13.3. The van der Waals surface area contributed by atoms with Crippen LogP contribution >= 0.6 is 43.2 Å². The molecular formula is C26H21Br2FN2O4S. The van der Waals surface area contributed by atoms with Crippen molar-refractivity contribution in [2.24, 2.45) is 4.99 Å². The van der Waals surface area contributed by atoms with E-state index < -0.39 is 17.8 Å². The first-order valence-electron chi connectivity index (χ1n) is 10.9. The van der Waals surface area contributed by atoms with Gasteiger partial charge in [-0.05, 0) is 87.2 Å². The Bertz CT molecular complexity index is 1530. The van der Waals surface area contributed by atoms with Crippen molar-refractivity contribution in [3.8, 4) is 5.75 Å². The molecule has 2 heterocycles. The quantitative estimate of drug-likeness (QED) is 0.270. The van der Waals surface area contributed by atoms with Gasteiger partial charge in [0.1, 0.15) is 18.2 Å². The topological polar surface area (TPSA) is 69.9 Å². The molecule has 6 nitrogen and oxygen atoms in total. The summed E-state index contributed by atoms with van der Waals surface area (Å²) in [5.41, 5.74) is 1.71. The molecule has 0 aliphatic carbocycles. The average Bonchev–Trinajstić information content (AvgIpc) is 3.12. The summed E-state index contributed by atoms with van der Waals surface area (Å²) in [4.78, 5) is 31.5. The van der Waals surface area contributed by atoms with Crippen LogP contribution < -0.4 is 19.6 Å². The molecule has 0 spiro atoms. The van der Waals surface area contributed by atoms with E-state index in [1.807, 2.05) is 12.1 Å². The number of aromatic nitrogens is 1. The zero-order valence-corrected chi connectivity index (χ0v) is 23.4. The molecule has 0 bridgehead atoms. The van der Waals surface area contributed by atoms with Crippen LogP contribution in [0.5, 0.6) is 5.75 Å². The third kappa shape index (κ3) is 5.16. The van der Waals surface area contributed by atoms with Gasteiger partial charge in [0.15, 0.2) is 4.80 Å². The number of esters is 1. The summed E-state index contributed by atoms with van der Waals surface area (Å²) in [6.45, 7) is 7.59. The van der Waals surface area contributed by atoms with Crippen molar-refractivity contribution in [2.45, 2.75) is 19.9 Å². The summed E-state index contributed by atoms with van der Waals surface area (Å²) in [7, 11) is 0. The van der Waals surface area contributed by atoms with Crippen molar-refractivity contribution in [1.82, 2.24) is 4.57 Å². The largest absolute Gasteiger partial charge is 0.487 e. The van der Waals surface area contributed by atoms with Gasteiger partial charge >= 0.3 is 5.97 Å². The lowest BCUT2D eigenvalue weighted by molar-refractivity contribution is -0.139. The third-order valence-electron chi connectivity index (χ3n) is 5.37. The van der Waals surface area contributed by atoms with Gasteiger partial charge in [-0.3, -0.25) is 9.36 Å². The number of benzene rings is 2. The number of hydrogen-bond acceptors (Lipinski definition) is 6. The molecule has 4 rings (SSSR count). The molecule has 0 amide bonds. The molecule has 0 N–H and O–H groups in total. The number of allylic oxidation sites excluding steroid dienone is 1. The number of carbonyl (C=O) groups is 1. The maximum absolute atomic E-state index is 13.7. The molecular weight excluding hydrogens is 615 g/mol. The first-order chi connectivity index (χ1) is 17.2. The lowest BCUT2D eigenvalue weighted by atomic mass is 9.96. The maximum atomic E-state index is 13.7. The highest BCUT2D eigenvalue weighted by Gasteiger charge is 2.33. The highest BCUT2D eigenvalue weighted by molar-refractivity contribution is 9.11. The van der Waals surface area contributed by atoms with Crippen LogP contribution in [0.25, 0.3) is 6.08 Å². The van der Waals surface area contributed by atoms with Crippen LogP contribution in [0.4, 0.5) is 4.39 Å². The molecule has 1 aliphatic heterocycles. The zero-order valence-electron chi connectivity index (χ0n) is 19.4. The Morgan fingerprint density at radius 2 is 1.92 bits per heavy atom. The van der Waals surface area contributed by atoms with Gasteiger partial charge in [0, 0.05) is 0 Å². The number of rotatable bonds is 7. The Morgan fingerprint density at radius 3 is 2.53 bits per heavy atom. The van der Waals surface area contributed by atoms with E-state index in [2.05, 4.69) is 43.4 Å². The molecule has 1 atom stereocenters. The van der Waals surface area contributed by atoms with Gasteiger partial charge in [0.25, 0.3) is 5.56 Å². The van der Waals surface area contributed by atoms with Gasteiger partial charge < -0.3 is 9.47 Å². The normalized spacial score (nSPS) is 15.4. The lowest BCUT2D eigenvalue weighted by Crippen LogP contribution is -2.39. The van der Waals surface area contributed by atoms with E-state index >= 15 is 0 Å². The van der Waals surface area contributed by atoms with Crippen molar-refractivity contribution < 1.29 is 18.7 Å². The molecule has 10 heteroatoms. The highest BCUT2D eigenvalue weighted by atomic mass is 79.9. The monoisotopic (exact) mass is 634 g/mol. The maximum Gasteiger partial charge on any atom is 0.338 e. The first kappa shape index (κ1) is 26.2. The minimum Gasteiger partial charge on any atom is -0.487 e. The molecule has 0 saturated carbocycles. The van der Waals surface area contributed by atoms with E-state index in [1.165, 1.54) is 28.0 Å². The van der Waals surface area contributed by atoms with Gasteiger partial charge in [0.05, 0.1) is 37.4 Å². The predicted octanol–water partition coefficient (Wildman–Crippen LogP) is 5.03. The molecule has 0 fully saturated rings. The van der Waals surface area contributed by atoms with Gasteiger partial charge in [-0.2, -0.15) is 0 Å². The second-order valence-corrected chi connectivity index (χ2v) is 10.5. The molecule has 3 aromatic rings. The fourth-order valence-electron chi connectivity index (χ4n) is 3.85. The zero-order chi connectivity index (χ0) is 26.0. The molecule has 0 unspecified atom stereocenters. The molecule has 1 aromatic heterocycles. The average molecular weight is 636 g/mol. The number of ether oxygens (including phenoxy) is 2. The fraction of sp³-hybridized carbons (Fsp3) is 0.192. The second kappa shape index (κ2) is 11.1. The Morgan fingerprint density at radius 1 is 1.25 bits per heavy atom. The minimum atomic E-state index is -0.795. The molecule has 0 radical (unpaired) electrons. The van der Waals surface area contributed by atoms with Crippen LogP contribution in [-0.2, 0) is 9.53 Å². The van der Waals surface area contributed by atoms with Crippen molar-refractivity contribution in [1.29, 1.82) is 0 Å². The Hall–Kier alpha value is -2.82. The van der Waals surface area contributed by atoms with Gasteiger partial charge in [-0.15, -0.1) is 0 Å². The van der Waals surface area contributed by atoms with Crippen LogP contribution in [0.1, 0.15) is 31.0 Å². The van der Waals surface area contributed by atoms with E-state index in [-0.39, 0.29) is 17.7 Å². The summed E-state index contributed by atoms with van der Waals surface area (Å²) in [5, 5.41) is 0. The molecule has 0 saturated heterocycles. The molecule has 36 heavy (non-hydrogen) atoms. The van der Waals surface area contributed by atoms with Crippen LogP contribution in [-0.4, -0.2) is 23.8 Å².